The number of rotatable bonds is 5. The van der Waals surface area contributed by atoms with E-state index >= 15 is 0 Å². The zero-order valence-electron chi connectivity index (χ0n) is 17.0. The Morgan fingerprint density at radius 2 is 1.69 bits per heavy atom. The number of hydrogen-bond acceptors (Lipinski definition) is 6. The quantitative estimate of drug-likeness (QED) is 0.840. The van der Waals surface area contributed by atoms with Gasteiger partial charge in [0, 0.05) is 44.0 Å². The van der Waals surface area contributed by atoms with Crippen LogP contribution in [0, 0.1) is 0 Å². The van der Waals surface area contributed by atoms with Crippen LogP contribution in [0.5, 0.6) is 5.75 Å². The molecule has 2 aromatic rings. The molecular formula is C22H29N5O2. The molecule has 1 aromatic heterocycles. The Hall–Kier alpha value is -2.83. The van der Waals surface area contributed by atoms with Gasteiger partial charge in [0.15, 0.2) is 0 Å². The topological polar surface area (TPSA) is 70.6 Å². The van der Waals surface area contributed by atoms with Crippen LogP contribution >= 0.6 is 0 Å². The summed E-state index contributed by atoms with van der Waals surface area (Å²) in [5.41, 5.74) is 1.65. The Kier molecular flexibility index (Phi) is 6.12. The molecule has 7 heteroatoms. The van der Waals surface area contributed by atoms with Gasteiger partial charge in [-0.15, -0.1) is 0 Å². The minimum absolute atomic E-state index is 0.0857. The lowest BCUT2D eigenvalue weighted by Crippen LogP contribution is -2.47. The van der Waals surface area contributed by atoms with Crippen LogP contribution in [-0.2, 0) is 0 Å². The van der Waals surface area contributed by atoms with E-state index in [1.165, 1.54) is 31.3 Å². The standard InChI is InChI=1S/C22H29N5O2/c1-29-19-9-7-18(8-10-19)26-11-13-27(14-12-26)21-15-20(23-16-24-21)22(28)25-17-5-3-2-4-6-17/h7-10,15-17H,2-6,11-14H2,1H3,(H,25,28). The van der Waals surface area contributed by atoms with Crippen LogP contribution in [0.25, 0.3) is 0 Å². The Balaban J connectivity index is 1.35. The minimum atomic E-state index is -0.0857. The first-order valence-electron chi connectivity index (χ1n) is 10.5. The van der Waals surface area contributed by atoms with E-state index in [1.807, 2.05) is 18.2 Å². The fourth-order valence-electron chi connectivity index (χ4n) is 4.14. The highest BCUT2D eigenvalue weighted by molar-refractivity contribution is 5.93. The molecule has 1 N–H and O–H groups in total. The van der Waals surface area contributed by atoms with Gasteiger partial charge >= 0.3 is 0 Å². The summed E-state index contributed by atoms with van der Waals surface area (Å²) in [6, 6.07) is 10.3. The van der Waals surface area contributed by atoms with Crippen molar-refractivity contribution in [1.82, 2.24) is 15.3 Å². The summed E-state index contributed by atoms with van der Waals surface area (Å²) in [7, 11) is 1.68. The summed E-state index contributed by atoms with van der Waals surface area (Å²) in [6.07, 6.45) is 7.29. The summed E-state index contributed by atoms with van der Waals surface area (Å²) in [5.74, 6) is 1.60. The highest BCUT2D eigenvalue weighted by atomic mass is 16.5. The summed E-state index contributed by atoms with van der Waals surface area (Å²) in [6.45, 7) is 3.51. The van der Waals surface area contributed by atoms with E-state index in [4.69, 9.17) is 4.74 Å². The summed E-state index contributed by atoms with van der Waals surface area (Å²) >= 11 is 0. The van der Waals surface area contributed by atoms with Gasteiger partial charge in [-0.3, -0.25) is 4.79 Å². The molecule has 1 saturated carbocycles. The van der Waals surface area contributed by atoms with E-state index in [1.54, 1.807) is 7.11 Å². The predicted octanol–water partition coefficient (Wildman–Crippen LogP) is 2.87. The van der Waals surface area contributed by atoms with Gasteiger partial charge in [0.05, 0.1) is 7.11 Å². The molecule has 1 aliphatic carbocycles. The molecule has 4 rings (SSSR count). The number of hydrogen-bond donors (Lipinski definition) is 1. The van der Waals surface area contributed by atoms with Crippen molar-refractivity contribution in [2.45, 2.75) is 38.1 Å². The first kappa shape index (κ1) is 19.5. The van der Waals surface area contributed by atoms with Gasteiger partial charge < -0.3 is 19.9 Å². The number of anilines is 2. The fraction of sp³-hybridized carbons (Fsp3) is 0.500. The van der Waals surface area contributed by atoms with E-state index < -0.39 is 0 Å². The smallest absolute Gasteiger partial charge is 0.270 e. The van der Waals surface area contributed by atoms with Crippen molar-refractivity contribution in [3.8, 4) is 5.75 Å². The third-order valence-corrected chi connectivity index (χ3v) is 5.87. The van der Waals surface area contributed by atoms with Crippen molar-refractivity contribution >= 4 is 17.4 Å². The fourth-order valence-corrected chi connectivity index (χ4v) is 4.14. The minimum Gasteiger partial charge on any atom is -0.497 e. The molecule has 0 unspecified atom stereocenters. The molecule has 1 saturated heterocycles. The molecule has 0 spiro atoms. The molecule has 154 valence electrons. The first-order chi connectivity index (χ1) is 14.2. The van der Waals surface area contributed by atoms with Crippen molar-refractivity contribution < 1.29 is 9.53 Å². The third-order valence-electron chi connectivity index (χ3n) is 5.87. The zero-order chi connectivity index (χ0) is 20.1. The molecule has 2 aliphatic rings. The lowest BCUT2D eigenvalue weighted by atomic mass is 9.95. The number of piperazine rings is 1. The van der Waals surface area contributed by atoms with E-state index in [-0.39, 0.29) is 11.9 Å². The molecule has 1 amide bonds. The number of carbonyl (C=O) groups excluding carboxylic acids is 1. The second-order valence-corrected chi connectivity index (χ2v) is 7.74. The Morgan fingerprint density at radius 1 is 1.00 bits per heavy atom. The molecule has 0 radical (unpaired) electrons. The highest BCUT2D eigenvalue weighted by Gasteiger charge is 2.21. The average Bonchev–Trinajstić information content (AvgIpc) is 2.80. The normalized spacial score (nSPS) is 17.8. The largest absolute Gasteiger partial charge is 0.497 e. The lowest BCUT2D eigenvalue weighted by Gasteiger charge is -2.36. The maximum Gasteiger partial charge on any atom is 0.270 e. The van der Waals surface area contributed by atoms with Gasteiger partial charge in [0.2, 0.25) is 0 Å². The molecule has 2 heterocycles. The molecular weight excluding hydrogens is 366 g/mol. The van der Waals surface area contributed by atoms with Crippen molar-refractivity contribution in [1.29, 1.82) is 0 Å². The molecule has 0 atom stereocenters. The Bertz CT molecular complexity index is 812. The summed E-state index contributed by atoms with van der Waals surface area (Å²) < 4.78 is 5.24. The van der Waals surface area contributed by atoms with Crippen molar-refractivity contribution in [3.05, 3.63) is 42.4 Å². The maximum absolute atomic E-state index is 12.6. The van der Waals surface area contributed by atoms with Crippen LogP contribution in [0.1, 0.15) is 42.6 Å². The monoisotopic (exact) mass is 395 g/mol. The molecule has 7 nitrogen and oxygen atoms in total. The van der Waals surface area contributed by atoms with Gasteiger partial charge in [0.1, 0.15) is 23.6 Å². The van der Waals surface area contributed by atoms with Crippen molar-refractivity contribution in [3.63, 3.8) is 0 Å². The third kappa shape index (κ3) is 4.78. The Morgan fingerprint density at radius 3 is 2.38 bits per heavy atom. The van der Waals surface area contributed by atoms with Crippen molar-refractivity contribution in [2.24, 2.45) is 0 Å². The summed E-state index contributed by atoms with van der Waals surface area (Å²) in [4.78, 5) is 25.8. The van der Waals surface area contributed by atoms with E-state index in [0.29, 0.717) is 5.69 Å². The first-order valence-corrected chi connectivity index (χ1v) is 10.5. The molecule has 29 heavy (non-hydrogen) atoms. The van der Waals surface area contributed by atoms with Gasteiger partial charge in [-0.25, -0.2) is 9.97 Å². The summed E-state index contributed by atoms with van der Waals surface area (Å²) in [5, 5.41) is 3.14. The number of nitrogens with one attached hydrogen (secondary N) is 1. The number of nitrogens with zero attached hydrogens (tertiary/aromatic N) is 4. The number of methoxy groups -OCH3 is 1. The van der Waals surface area contributed by atoms with Crippen LogP contribution < -0.4 is 19.9 Å². The highest BCUT2D eigenvalue weighted by Crippen LogP contribution is 2.22. The van der Waals surface area contributed by atoms with Crippen molar-refractivity contribution in [2.75, 3.05) is 43.1 Å². The molecule has 1 aliphatic heterocycles. The SMILES string of the molecule is COc1ccc(N2CCN(c3cc(C(=O)NC4CCCCC4)ncn3)CC2)cc1. The number of aromatic nitrogens is 2. The number of benzene rings is 1. The van der Waals surface area contributed by atoms with Gasteiger partial charge in [-0.1, -0.05) is 19.3 Å². The van der Waals surface area contributed by atoms with Crippen LogP contribution in [-0.4, -0.2) is 55.2 Å². The molecule has 1 aromatic carbocycles. The number of carbonyl (C=O) groups is 1. The number of ether oxygens (including phenoxy) is 1. The van der Waals surface area contributed by atoms with E-state index in [0.717, 1.165) is 50.6 Å². The van der Waals surface area contributed by atoms with Crippen LogP contribution in [0.15, 0.2) is 36.7 Å². The van der Waals surface area contributed by atoms with E-state index in [2.05, 4.69) is 37.2 Å². The second kappa shape index (κ2) is 9.11. The van der Waals surface area contributed by atoms with Gasteiger partial charge in [0.25, 0.3) is 5.91 Å². The van der Waals surface area contributed by atoms with Gasteiger partial charge in [-0.05, 0) is 37.1 Å². The predicted molar refractivity (Wildman–Crippen MR) is 114 cm³/mol. The van der Waals surface area contributed by atoms with E-state index in [9.17, 15) is 4.79 Å². The number of amides is 1. The Labute approximate surface area is 172 Å². The van der Waals surface area contributed by atoms with Gasteiger partial charge in [-0.2, -0.15) is 0 Å². The average molecular weight is 396 g/mol. The maximum atomic E-state index is 12.6. The zero-order valence-corrected chi connectivity index (χ0v) is 17.0. The second-order valence-electron chi connectivity index (χ2n) is 7.74. The molecule has 2 fully saturated rings. The van der Waals surface area contributed by atoms with Crippen LogP contribution in [0.2, 0.25) is 0 Å². The lowest BCUT2D eigenvalue weighted by molar-refractivity contribution is 0.0922. The van der Waals surface area contributed by atoms with Crippen LogP contribution in [0.3, 0.4) is 0 Å². The van der Waals surface area contributed by atoms with Crippen LogP contribution in [0.4, 0.5) is 11.5 Å². The molecule has 0 bridgehead atoms.